The summed E-state index contributed by atoms with van der Waals surface area (Å²) >= 11 is 0. The number of fused-ring (bicyclic) bond motifs is 1. The van der Waals surface area contributed by atoms with Crippen LogP contribution in [-0.2, 0) is 14.6 Å². The largest absolute Gasteiger partial charge is 0.389 e. The topological polar surface area (TPSA) is 66.9 Å². The number of aliphatic hydroxyl groups excluding tert-OH is 1. The van der Waals surface area contributed by atoms with Crippen molar-refractivity contribution in [2.24, 2.45) is 0 Å². The van der Waals surface area contributed by atoms with Crippen LogP contribution in [0.4, 0.5) is 0 Å². The molecule has 90 valence electrons. The summed E-state index contributed by atoms with van der Waals surface area (Å²) in [6.07, 6.45) is 0.661. The zero-order valence-corrected chi connectivity index (χ0v) is 9.80. The summed E-state index contributed by atoms with van der Waals surface area (Å²) in [5.74, 6) is 0. The molecule has 0 unspecified atom stereocenters. The zero-order valence-electron chi connectivity index (χ0n) is 8.98. The van der Waals surface area contributed by atoms with Crippen LogP contribution in [0.5, 0.6) is 0 Å². The Balaban J connectivity index is 2.04. The highest BCUT2D eigenvalue weighted by Crippen LogP contribution is 2.41. The van der Waals surface area contributed by atoms with E-state index < -0.39 is 15.9 Å². The molecule has 17 heavy (non-hydrogen) atoms. The number of epoxide rings is 1. The lowest BCUT2D eigenvalue weighted by atomic mass is 10.1. The van der Waals surface area contributed by atoms with Gasteiger partial charge in [0, 0.05) is 6.42 Å². The summed E-state index contributed by atoms with van der Waals surface area (Å²) in [4.78, 5) is 0.446. The molecule has 0 saturated carbocycles. The first-order valence-electron chi connectivity index (χ1n) is 5.44. The van der Waals surface area contributed by atoms with E-state index >= 15 is 0 Å². The second-order valence-electron chi connectivity index (χ2n) is 4.28. The molecule has 1 saturated heterocycles. The minimum absolute atomic E-state index is 0.136. The van der Waals surface area contributed by atoms with E-state index in [2.05, 4.69) is 0 Å². The quantitative estimate of drug-likeness (QED) is 0.793. The Bertz CT molecular complexity index is 561. The highest BCUT2D eigenvalue weighted by atomic mass is 32.2. The van der Waals surface area contributed by atoms with Crippen LogP contribution >= 0.6 is 0 Å². The van der Waals surface area contributed by atoms with Gasteiger partial charge in [0.15, 0.2) is 0 Å². The Morgan fingerprint density at radius 1 is 1.24 bits per heavy atom. The normalized spacial score (nSPS) is 31.6. The molecule has 1 aliphatic carbocycles. The maximum atomic E-state index is 12.3. The number of ether oxygens (including phenoxy) is 1. The smallest absolute Gasteiger partial charge is 0.205 e. The van der Waals surface area contributed by atoms with E-state index in [4.69, 9.17) is 4.74 Å². The van der Waals surface area contributed by atoms with Crippen molar-refractivity contribution in [3.63, 3.8) is 0 Å². The van der Waals surface area contributed by atoms with Crippen LogP contribution < -0.4 is 0 Å². The number of hydrogen-bond donors (Lipinski definition) is 1. The Labute approximate surface area is 99.5 Å². The van der Waals surface area contributed by atoms with E-state index in [9.17, 15) is 13.5 Å². The molecular formula is C12H12O4S. The fraction of sp³-hybridized carbons (Fsp3) is 0.333. The van der Waals surface area contributed by atoms with Crippen LogP contribution in [-0.4, -0.2) is 31.8 Å². The molecule has 5 heteroatoms. The van der Waals surface area contributed by atoms with Gasteiger partial charge >= 0.3 is 0 Å². The summed E-state index contributed by atoms with van der Waals surface area (Å²) in [6, 6.07) is 8.22. The lowest BCUT2D eigenvalue weighted by molar-refractivity contribution is 0.197. The molecule has 1 aromatic rings. The van der Waals surface area contributed by atoms with Gasteiger partial charge in [-0.3, -0.25) is 0 Å². The van der Waals surface area contributed by atoms with Crippen LogP contribution in [0.25, 0.3) is 0 Å². The predicted molar refractivity (Wildman–Crippen MR) is 61.0 cm³/mol. The Morgan fingerprint density at radius 3 is 2.65 bits per heavy atom. The molecule has 1 heterocycles. The molecule has 1 aliphatic heterocycles. The molecule has 3 atom stereocenters. The van der Waals surface area contributed by atoms with Crippen LogP contribution in [0, 0.1) is 0 Å². The first kappa shape index (κ1) is 11.0. The van der Waals surface area contributed by atoms with Crippen molar-refractivity contribution in [2.45, 2.75) is 29.6 Å². The summed E-state index contributed by atoms with van der Waals surface area (Å²) in [7, 11) is -3.53. The fourth-order valence-electron chi connectivity index (χ4n) is 2.14. The molecule has 2 aliphatic rings. The molecule has 0 aromatic heterocycles. The van der Waals surface area contributed by atoms with Gasteiger partial charge in [0.2, 0.25) is 9.84 Å². The van der Waals surface area contributed by atoms with Crippen molar-refractivity contribution in [3.05, 3.63) is 41.3 Å². The van der Waals surface area contributed by atoms with Gasteiger partial charge in [-0.25, -0.2) is 8.42 Å². The second kappa shape index (κ2) is 3.66. The Kier molecular flexibility index (Phi) is 2.36. The van der Waals surface area contributed by atoms with E-state index in [0.717, 1.165) is 0 Å². The van der Waals surface area contributed by atoms with E-state index in [1.54, 1.807) is 30.3 Å². The molecule has 0 bridgehead atoms. The SMILES string of the molecule is O=S(=O)(C1=C[C@@H](O)C[C@H]2O[C@@H]12)c1ccccc1. The van der Waals surface area contributed by atoms with Crippen molar-refractivity contribution in [2.75, 3.05) is 0 Å². The van der Waals surface area contributed by atoms with Gasteiger partial charge in [0.25, 0.3) is 0 Å². The summed E-state index contributed by atoms with van der Waals surface area (Å²) in [5, 5.41) is 9.57. The molecule has 1 aromatic carbocycles. The van der Waals surface area contributed by atoms with Crippen molar-refractivity contribution < 1.29 is 18.3 Å². The highest BCUT2D eigenvalue weighted by molar-refractivity contribution is 7.95. The molecule has 0 radical (unpaired) electrons. The maximum Gasteiger partial charge on any atom is 0.205 e. The van der Waals surface area contributed by atoms with E-state index in [1.165, 1.54) is 6.08 Å². The van der Waals surface area contributed by atoms with Crippen LogP contribution in [0.15, 0.2) is 46.2 Å². The van der Waals surface area contributed by atoms with Gasteiger partial charge < -0.3 is 9.84 Å². The van der Waals surface area contributed by atoms with Crippen LogP contribution in [0.3, 0.4) is 0 Å². The fourth-order valence-corrected chi connectivity index (χ4v) is 3.78. The monoisotopic (exact) mass is 252 g/mol. The van der Waals surface area contributed by atoms with E-state index in [0.29, 0.717) is 6.42 Å². The lowest BCUT2D eigenvalue weighted by Crippen LogP contribution is -2.21. The zero-order chi connectivity index (χ0) is 12.0. The molecule has 1 fully saturated rings. The maximum absolute atomic E-state index is 12.3. The Hall–Kier alpha value is -1.17. The lowest BCUT2D eigenvalue weighted by Gasteiger charge is -2.13. The van der Waals surface area contributed by atoms with Gasteiger partial charge in [0.05, 0.1) is 22.0 Å². The average Bonchev–Trinajstić information content (AvgIpc) is 3.07. The molecular weight excluding hydrogens is 240 g/mol. The summed E-state index contributed by atoms with van der Waals surface area (Å²) in [6.45, 7) is 0. The molecule has 0 amide bonds. The number of sulfone groups is 1. The third-order valence-corrected chi connectivity index (χ3v) is 4.94. The second-order valence-corrected chi connectivity index (χ2v) is 6.23. The summed E-state index contributed by atoms with van der Waals surface area (Å²) < 4.78 is 29.9. The predicted octanol–water partition coefficient (Wildman–Crippen LogP) is 0.876. The van der Waals surface area contributed by atoms with Crippen molar-refractivity contribution in [1.29, 1.82) is 0 Å². The standard InChI is InChI=1S/C12H12O4S/c13-8-6-10-12(16-10)11(7-8)17(14,15)9-4-2-1-3-5-9/h1-5,7-8,10,12-13H,6H2/t8-,10+,12+/m0/s1. The highest BCUT2D eigenvalue weighted by Gasteiger charge is 2.50. The number of rotatable bonds is 2. The third-order valence-electron chi connectivity index (χ3n) is 3.06. The molecule has 4 nitrogen and oxygen atoms in total. The number of benzene rings is 1. The van der Waals surface area contributed by atoms with Gasteiger partial charge in [-0.2, -0.15) is 0 Å². The molecule has 1 N–H and O–H groups in total. The van der Waals surface area contributed by atoms with Gasteiger partial charge in [-0.1, -0.05) is 18.2 Å². The van der Waals surface area contributed by atoms with Gasteiger partial charge in [-0.15, -0.1) is 0 Å². The third kappa shape index (κ3) is 1.80. The van der Waals surface area contributed by atoms with E-state index in [1.807, 2.05) is 0 Å². The Morgan fingerprint density at radius 2 is 1.94 bits per heavy atom. The van der Waals surface area contributed by atoms with Crippen LogP contribution in [0.2, 0.25) is 0 Å². The van der Waals surface area contributed by atoms with Gasteiger partial charge in [-0.05, 0) is 18.2 Å². The number of hydrogen-bond acceptors (Lipinski definition) is 4. The number of aliphatic hydroxyl groups is 1. The van der Waals surface area contributed by atoms with Crippen molar-refractivity contribution in [3.8, 4) is 0 Å². The minimum Gasteiger partial charge on any atom is -0.389 e. The van der Waals surface area contributed by atoms with Crippen LogP contribution in [0.1, 0.15) is 6.42 Å². The van der Waals surface area contributed by atoms with Crippen molar-refractivity contribution in [1.82, 2.24) is 0 Å². The van der Waals surface area contributed by atoms with E-state index in [-0.39, 0.29) is 22.0 Å². The van der Waals surface area contributed by atoms with Crippen molar-refractivity contribution >= 4 is 9.84 Å². The molecule has 0 spiro atoms. The summed E-state index contributed by atoms with van der Waals surface area (Å²) in [5.41, 5.74) is 0. The first-order chi connectivity index (χ1) is 8.09. The first-order valence-corrected chi connectivity index (χ1v) is 6.93. The average molecular weight is 252 g/mol. The minimum atomic E-state index is -3.53. The molecule has 3 rings (SSSR count). The van der Waals surface area contributed by atoms with Gasteiger partial charge in [0.1, 0.15) is 6.10 Å².